The van der Waals surface area contributed by atoms with Gasteiger partial charge in [0.2, 0.25) is 15.0 Å². The molecule has 1 heterocycles. The molecule has 8 heteroatoms. The summed E-state index contributed by atoms with van der Waals surface area (Å²) in [5.74, 6) is 0. The number of fused-ring (bicyclic) bond motifs is 1. The van der Waals surface area contributed by atoms with Crippen LogP contribution in [0.3, 0.4) is 0 Å². The lowest BCUT2D eigenvalue weighted by Gasteiger charge is -2.16. The number of benzene rings is 1. The largest absolute Gasteiger partial charge is 0.361 e. The summed E-state index contributed by atoms with van der Waals surface area (Å²) >= 11 is 6.18. The summed E-state index contributed by atoms with van der Waals surface area (Å²) < 4.78 is 31.3. The lowest BCUT2D eigenvalue weighted by Crippen LogP contribution is -2.22. The van der Waals surface area contributed by atoms with Crippen molar-refractivity contribution in [3.8, 4) is 0 Å². The number of hydrogen-bond donors (Lipinski definition) is 0. The second-order valence-corrected chi connectivity index (χ2v) is 15.0. The van der Waals surface area contributed by atoms with E-state index < -0.39 is 17.9 Å². The molecule has 0 bridgehead atoms. The Morgan fingerprint density at radius 1 is 1.30 bits per heavy atom. The molecule has 0 spiro atoms. The van der Waals surface area contributed by atoms with Gasteiger partial charge >= 0.3 is 0 Å². The molecule has 0 unspecified atom stereocenters. The van der Waals surface area contributed by atoms with Gasteiger partial charge in [-0.15, -0.1) is 0 Å². The first-order valence-corrected chi connectivity index (χ1v) is 13.4. The van der Waals surface area contributed by atoms with Crippen molar-refractivity contribution in [1.29, 1.82) is 0 Å². The van der Waals surface area contributed by atoms with Crippen LogP contribution >= 0.6 is 11.6 Å². The normalized spacial score (nSPS) is 13.0. The van der Waals surface area contributed by atoms with Crippen LogP contribution in [0.1, 0.15) is 5.56 Å². The number of ether oxygens (including phenoxy) is 1. The van der Waals surface area contributed by atoms with Gasteiger partial charge in [0.25, 0.3) is 0 Å². The van der Waals surface area contributed by atoms with Crippen LogP contribution in [0.15, 0.2) is 17.3 Å². The first-order valence-electron chi connectivity index (χ1n) is 7.43. The van der Waals surface area contributed by atoms with Crippen LogP contribution in [0.5, 0.6) is 0 Å². The summed E-state index contributed by atoms with van der Waals surface area (Å²) in [4.78, 5) is 4.26. The molecule has 0 radical (unpaired) electrons. The van der Waals surface area contributed by atoms with Gasteiger partial charge in [0.1, 0.15) is 6.73 Å². The molecule has 128 valence electrons. The minimum atomic E-state index is -3.45. The first kappa shape index (κ1) is 18.4. The lowest BCUT2D eigenvalue weighted by molar-refractivity contribution is 0.0838. The first-order chi connectivity index (χ1) is 10.5. The van der Waals surface area contributed by atoms with E-state index in [9.17, 15) is 8.42 Å². The van der Waals surface area contributed by atoms with E-state index in [0.717, 1.165) is 17.9 Å². The molecule has 0 aliphatic heterocycles. The van der Waals surface area contributed by atoms with Crippen molar-refractivity contribution in [2.45, 2.75) is 44.5 Å². The van der Waals surface area contributed by atoms with E-state index in [4.69, 9.17) is 16.3 Å². The van der Waals surface area contributed by atoms with Gasteiger partial charge in [-0.2, -0.15) is 0 Å². The summed E-state index contributed by atoms with van der Waals surface area (Å²) in [6, 6.07) is 4.56. The molecule has 2 rings (SSSR count). The highest BCUT2D eigenvalue weighted by atomic mass is 35.5. The van der Waals surface area contributed by atoms with Crippen molar-refractivity contribution in [1.82, 2.24) is 9.55 Å². The number of aryl methyl sites for hydroxylation is 1. The van der Waals surface area contributed by atoms with E-state index in [2.05, 4.69) is 24.6 Å². The molecule has 0 N–H and O–H groups in total. The fraction of sp³-hybridized carbons (Fsp3) is 0.533. The third-order valence-corrected chi connectivity index (χ3v) is 6.63. The molecule has 0 saturated heterocycles. The van der Waals surface area contributed by atoms with E-state index >= 15 is 0 Å². The van der Waals surface area contributed by atoms with Crippen molar-refractivity contribution in [2.75, 3.05) is 12.9 Å². The third-order valence-electron chi connectivity index (χ3n) is 3.54. The average Bonchev–Trinajstić information content (AvgIpc) is 2.72. The third kappa shape index (κ3) is 4.56. The van der Waals surface area contributed by atoms with Crippen molar-refractivity contribution in [3.05, 3.63) is 22.7 Å². The molecule has 23 heavy (non-hydrogen) atoms. The molecule has 5 nitrogen and oxygen atoms in total. The van der Waals surface area contributed by atoms with Crippen LogP contribution in [0, 0.1) is 6.92 Å². The minimum absolute atomic E-state index is 0.0159. The Labute approximate surface area is 143 Å². The number of rotatable bonds is 6. The summed E-state index contributed by atoms with van der Waals surface area (Å²) in [6.07, 6.45) is 1.15. The van der Waals surface area contributed by atoms with Gasteiger partial charge in [-0.25, -0.2) is 13.4 Å². The fourth-order valence-electron chi connectivity index (χ4n) is 2.17. The van der Waals surface area contributed by atoms with Crippen molar-refractivity contribution in [2.24, 2.45) is 0 Å². The Morgan fingerprint density at radius 3 is 2.52 bits per heavy atom. The highest BCUT2D eigenvalue weighted by Crippen LogP contribution is 2.26. The maximum atomic E-state index is 12.0. The Bertz CT molecular complexity index is 825. The maximum absolute atomic E-state index is 12.0. The van der Waals surface area contributed by atoms with E-state index in [1.165, 1.54) is 0 Å². The van der Waals surface area contributed by atoms with Gasteiger partial charge in [0.15, 0.2) is 0 Å². The highest BCUT2D eigenvalue weighted by Gasteiger charge is 2.20. The molecule has 0 amide bonds. The molecule has 0 saturated carbocycles. The van der Waals surface area contributed by atoms with Crippen molar-refractivity contribution >= 4 is 40.5 Å². The molecule has 0 atom stereocenters. The van der Waals surface area contributed by atoms with Crippen LogP contribution < -0.4 is 0 Å². The summed E-state index contributed by atoms with van der Waals surface area (Å²) in [6.45, 7) is 9.45. The van der Waals surface area contributed by atoms with Gasteiger partial charge in [0, 0.05) is 26.0 Å². The topological polar surface area (TPSA) is 61.2 Å². The van der Waals surface area contributed by atoms with E-state index in [1.54, 1.807) is 16.7 Å². The predicted octanol–water partition coefficient (Wildman–Crippen LogP) is 3.71. The van der Waals surface area contributed by atoms with Crippen LogP contribution in [-0.4, -0.2) is 38.9 Å². The highest BCUT2D eigenvalue weighted by molar-refractivity contribution is 7.90. The summed E-state index contributed by atoms with van der Waals surface area (Å²) in [5.41, 5.74) is 2.15. The standard InChI is InChI=1S/C15H23ClN2O3SSi/c1-11-8-13-14(9-12(11)16)18(15(17-13)22(2,19)20)10-21-6-7-23(3,4)5/h8-9H,6-7,10H2,1-5H3. The fourth-order valence-corrected chi connectivity index (χ4v) is 3.90. The number of aromatic nitrogens is 2. The molecular weight excluding hydrogens is 352 g/mol. The van der Waals surface area contributed by atoms with Gasteiger partial charge in [0.05, 0.1) is 11.0 Å². The molecule has 2 aromatic rings. The summed E-state index contributed by atoms with van der Waals surface area (Å²) in [7, 11) is -4.64. The molecule has 1 aromatic heterocycles. The second kappa shape index (κ2) is 6.55. The number of sulfone groups is 1. The zero-order valence-corrected chi connectivity index (χ0v) is 16.8. The van der Waals surface area contributed by atoms with Crippen LogP contribution in [0.4, 0.5) is 0 Å². The van der Waals surface area contributed by atoms with Gasteiger partial charge in [-0.3, -0.25) is 4.57 Å². The van der Waals surface area contributed by atoms with E-state index in [-0.39, 0.29) is 11.9 Å². The number of nitrogens with zero attached hydrogens (tertiary/aromatic N) is 2. The Hall–Kier alpha value is -0.893. The molecular formula is C15H23ClN2O3SSi. The SMILES string of the molecule is Cc1cc2nc(S(C)(=O)=O)n(COCC[Si](C)(C)C)c2cc1Cl. The predicted molar refractivity (Wildman–Crippen MR) is 96.7 cm³/mol. The quantitative estimate of drug-likeness (QED) is 0.571. The van der Waals surface area contributed by atoms with Crippen LogP contribution in [0.2, 0.25) is 30.7 Å². The van der Waals surface area contributed by atoms with E-state index in [1.807, 2.05) is 6.92 Å². The van der Waals surface area contributed by atoms with Crippen LogP contribution in [0.25, 0.3) is 11.0 Å². The minimum Gasteiger partial charge on any atom is -0.361 e. The van der Waals surface area contributed by atoms with Crippen molar-refractivity contribution in [3.63, 3.8) is 0 Å². The average molecular weight is 375 g/mol. The molecule has 0 fully saturated rings. The smallest absolute Gasteiger partial charge is 0.230 e. The number of hydrogen-bond acceptors (Lipinski definition) is 4. The molecule has 0 aliphatic rings. The van der Waals surface area contributed by atoms with Gasteiger partial charge < -0.3 is 4.74 Å². The molecule has 0 aliphatic carbocycles. The zero-order valence-electron chi connectivity index (χ0n) is 14.2. The Kier molecular flexibility index (Phi) is 5.25. The van der Waals surface area contributed by atoms with E-state index in [0.29, 0.717) is 22.7 Å². The Morgan fingerprint density at radius 2 is 1.96 bits per heavy atom. The zero-order chi connectivity index (χ0) is 17.4. The van der Waals surface area contributed by atoms with Crippen molar-refractivity contribution < 1.29 is 13.2 Å². The van der Waals surface area contributed by atoms with Gasteiger partial charge in [-0.1, -0.05) is 31.2 Å². The maximum Gasteiger partial charge on any atom is 0.230 e. The second-order valence-electron chi connectivity index (χ2n) is 7.03. The summed E-state index contributed by atoms with van der Waals surface area (Å²) in [5, 5.41) is 0.600. The number of halogens is 1. The van der Waals surface area contributed by atoms with Gasteiger partial charge in [-0.05, 0) is 30.7 Å². The Balaban J connectivity index is 2.37. The lowest BCUT2D eigenvalue weighted by atomic mass is 10.2. The molecule has 1 aromatic carbocycles. The number of imidazole rings is 1. The monoisotopic (exact) mass is 374 g/mol. The van der Waals surface area contributed by atoms with Crippen LogP contribution in [-0.2, 0) is 21.3 Å².